The van der Waals surface area contributed by atoms with Crippen LogP contribution in [0.3, 0.4) is 0 Å². The van der Waals surface area contributed by atoms with E-state index in [9.17, 15) is 5.11 Å². The number of rotatable bonds is 1. The molecule has 2 N–H and O–H groups in total. The Bertz CT molecular complexity index is 186. The Balaban J connectivity index is 2.40. The number of nitrogens with one attached hydrogen (secondary N) is 1. The molecular formula is C9H18N2OS. The van der Waals surface area contributed by atoms with Crippen molar-refractivity contribution in [3.63, 3.8) is 0 Å². The highest BCUT2D eigenvalue weighted by molar-refractivity contribution is 7.80. The van der Waals surface area contributed by atoms with Crippen LogP contribution in [0.5, 0.6) is 0 Å². The van der Waals surface area contributed by atoms with Crippen molar-refractivity contribution < 1.29 is 5.11 Å². The number of hydrogen-bond donors (Lipinski definition) is 2. The minimum atomic E-state index is -0.231. The molecule has 1 aliphatic rings. The lowest BCUT2D eigenvalue weighted by atomic mass is 9.96. The number of aliphatic hydroxyl groups is 1. The number of β-amino-alcohol motifs (C(OH)–C–C–N with tert-alkyl or cyclic N) is 1. The first kappa shape index (κ1) is 10.7. The Morgan fingerprint density at radius 1 is 1.69 bits per heavy atom. The standard InChI is InChI=1S/C9H18N2OS/c1-3-10-9(13)11-5-4-7(2)8(12)6-11/h7-8,12H,3-6H2,1-2H3,(H,10,13). The van der Waals surface area contributed by atoms with Crippen LogP contribution in [0.4, 0.5) is 0 Å². The molecule has 0 aromatic rings. The van der Waals surface area contributed by atoms with Gasteiger partial charge in [-0.15, -0.1) is 0 Å². The maximum Gasteiger partial charge on any atom is 0.169 e. The molecule has 1 saturated heterocycles. The highest BCUT2D eigenvalue weighted by atomic mass is 32.1. The quantitative estimate of drug-likeness (QED) is 0.610. The van der Waals surface area contributed by atoms with Crippen LogP contribution in [0.2, 0.25) is 0 Å². The van der Waals surface area contributed by atoms with Gasteiger partial charge < -0.3 is 15.3 Å². The minimum Gasteiger partial charge on any atom is -0.391 e. The highest BCUT2D eigenvalue weighted by Gasteiger charge is 2.25. The lowest BCUT2D eigenvalue weighted by molar-refractivity contribution is 0.0558. The number of hydrogen-bond acceptors (Lipinski definition) is 2. The molecule has 1 rings (SSSR count). The molecule has 0 bridgehead atoms. The van der Waals surface area contributed by atoms with Gasteiger partial charge in [0.1, 0.15) is 0 Å². The van der Waals surface area contributed by atoms with Gasteiger partial charge in [0.2, 0.25) is 0 Å². The third kappa shape index (κ3) is 2.81. The summed E-state index contributed by atoms with van der Waals surface area (Å²) < 4.78 is 0. The molecule has 0 aromatic carbocycles. The lowest BCUT2D eigenvalue weighted by Gasteiger charge is -2.35. The Kier molecular flexibility index (Phi) is 3.93. The zero-order valence-electron chi connectivity index (χ0n) is 8.29. The van der Waals surface area contributed by atoms with E-state index in [-0.39, 0.29) is 6.10 Å². The molecule has 3 nitrogen and oxygen atoms in total. The zero-order valence-corrected chi connectivity index (χ0v) is 9.10. The normalized spacial score (nSPS) is 28.7. The first-order valence-electron chi connectivity index (χ1n) is 4.86. The summed E-state index contributed by atoms with van der Waals surface area (Å²) >= 11 is 5.17. The van der Waals surface area contributed by atoms with E-state index in [4.69, 9.17) is 12.2 Å². The number of piperidine rings is 1. The second-order valence-corrected chi connectivity index (χ2v) is 4.00. The van der Waals surface area contributed by atoms with Crippen molar-refractivity contribution in [2.24, 2.45) is 5.92 Å². The number of likely N-dealkylation sites (tertiary alicyclic amines) is 1. The average molecular weight is 202 g/mol. The molecule has 2 unspecified atom stereocenters. The fraction of sp³-hybridized carbons (Fsp3) is 0.889. The SMILES string of the molecule is CCNC(=S)N1CCC(C)C(O)C1. The van der Waals surface area contributed by atoms with Gasteiger partial charge in [0.15, 0.2) is 5.11 Å². The van der Waals surface area contributed by atoms with Crippen molar-refractivity contribution in [1.29, 1.82) is 0 Å². The summed E-state index contributed by atoms with van der Waals surface area (Å²) in [5.74, 6) is 0.403. The Morgan fingerprint density at radius 3 is 2.92 bits per heavy atom. The molecule has 0 spiro atoms. The molecule has 0 radical (unpaired) electrons. The van der Waals surface area contributed by atoms with Crippen LogP contribution in [0, 0.1) is 5.92 Å². The van der Waals surface area contributed by atoms with Gasteiger partial charge >= 0.3 is 0 Å². The van der Waals surface area contributed by atoms with Crippen LogP contribution in [0.25, 0.3) is 0 Å². The molecule has 1 fully saturated rings. The van der Waals surface area contributed by atoms with Crippen molar-refractivity contribution in [2.45, 2.75) is 26.4 Å². The average Bonchev–Trinajstić information content (AvgIpc) is 2.10. The summed E-state index contributed by atoms with van der Waals surface area (Å²) in [7, 11) is 0. The van der Waals surface area contributed by atoms with Gasteiger partial charge in [-0.25, -0.2) is 0 Å². The van der Waals surface area contributed by atoms with Gasteiger partial charge in [-0.1, -0.05) is 6.92 Å². The van der Waals surface area contributed by atoms with Gasteiger partial charge in [-0.05, 0) is 31.5 Å². The van der Waals surface area contributed by atoms with Crippen LogP contribution < -0.4 is 5.32 Å². The number of nitrogens with zero attached hydrogens (tertiary/aromatic N) is 1. The molecule has 76 valence electrons. The summed E-state index contributed by atoms with van der Waals surface area (Å²) in [6.07, 6.45) is 0.789. The zero-order chi connectivity index (χ0) is 9.84. The topological polar surface area (TPSA) is 35.5 Å². The van der Waals surface area contributed by atoms with Crippen molar-refractivity contribution in [2.75, 3.05) is 19.6 Å². The smallest absolute Gasteiger partial charge is 0.169 e. The Hall–Kier alpha value is -0.350. The largest absolute Gasteiger partial charge is 0.391 e. The summed E-state index contributed by atoms with van der Waals surface area (Å²) in [6.45, 7) is 6.59. The second kappa shape index (κ2) is 4.77. The monoisotopic (exact) mass is 202 g/mol. The molecule has 1 heterocycles. The molecule has 4 heteroatoms. The molecule has 1 aliphatic heterocycles. The van der Waals surface area contributed by atoms with Gasteiger partial charge in [0, 0.05) is 19.6 Å². The summed E-state index contributed by atoms with van der Waals surface area (Å²) in [5.41, 5.74) is 0. The fourth-order valence-electron chi connectivity index (χ4n) is 1.50. The van der Waals surface area contributed by atoms with Crippen molar-refractivity contribution >= 4 is 17.3 Å². The molecule has 13 heavy (non-hydrogen) atoms. The second-order valence-electron chi connectivity index (χ2n) is 3.61. The van der Waals surface area contributed by atoms with Crippen LogP contribution >= 0.6 is 12.2 Å². The van der Waals surface area contributed by atoms with Gasteiger partial charge in [-0.2, -0.15) is 0 Å². The van der Waals surface area contributed by atoms with Gasteiger partial charge in [0.25, 0.3) is 0 Å². The molecule has 0 aliphatic carbocycles. The van der Waals surface area contributed by atoms with E-state index in [1.165, 1.54) is 0 Å². The molecular weight excluding hydrogens is 184 g/mol. The molecule has 2 atom stereocenters. The van der Waals surface area contributed by atoms with Crippen LogP contribution in [-0.2, 0) is 0 Å². The molecule has 0 amide bonds. The maximum absolute atomic E-state index is 9.64. The van der Waals surface area contributed by atoms with Gasteiger partial charge in [0.05, 0.1) is 6.10 Å². The van der Waals surface area contributed by atoms with E-state index >= 15 is 0 Å². The highest BCUT2D eigenvalue weighted by Crippen LogP contribution is 2.16. The Morgan fingerprint density at radius 2 is 2.38 bits per heavy atom. The van der Waals surface area contributed by atoms with E-state index in [0.717, 1.165) is 24.6 Å². The minimum absolute atomic E-state index is 0.231. The third-order valence-corrected chi connectivity index (χ3v) is 2.94. The van der Waals surface area contributed by atoms with Crippen molar-refractivity contribution in [3.05, 3.63) is 0 Å². The van der Waals surface area contributed by atoms with E-state index in [1.54, 1.807) is 0 Å². The van der Waals surface area contributed by atoms with E-state index in [2.05, 4.69) is 12.2 Å². The Labute approximate surface area is 85.1 Å². The fourth-order valence-corrected chi connectivity index (χ4v) is 1.81. The van der Waals surface area contributed by atoms with E-state index in [0.29, 0.717) is 12.5 Å². The number of thiocarbonyl (C=S) groups is 1. The first-order valence-corrected chi connectivity index (χ1v) is 5.26. The van der Waals surface area contributed by atoms with Crippen LogP contribution in [-0.4, -0.2) is 40.9 Å². The summed E-state index contributed by atoms with van der Waals surface area (Å²) in [5, 5.41) is 13.5. The molecule has 0 saturated carbocycles. The maximum atomic E-state index is 9.64. The van der Waals surface area contributed by atoms with Crippen LogP contribution in [0.1, 0.15) is 20.3 Å². The summed E-state index contributed by atoms with van der Waals surface area (Å²) in [6, 6.07) is 0. The van der Waals surface area contributed by atoms with E-state index < -0.39 is 0 Å². The predicted molar refractivity (Wildman–Crippen MR) is 57.6 cm³/mol. The molecule has 0 aromatic heterocycles. The van der Waals surface area contributed by atoms with E-state index in [1.807, 2.05) is 11.8 Å². The number of aliphatic hydroxyl groups excluding tert-OH is 1. The lowest BCUT2D eigenvalue weighted by Crippen LogP contribution is -2.49. The predicted octanol–water partition coefficient (Wildman–Crippen LogP) is 0.583. The first-order chi connectivity index (χ1) is 6.15. The van der Waals surface area contributed by atoms with Crippen molar-refractivity contribution in [1.82, 2.24) is 10.2 Å². The summed E-state index contributed by atoms with van der Waals surface area (Å²) in [4.78, 5) is 2.05. The van der Waals surface area contributed by atoms with Crippen molar-refractivity contribution in [3.8, 4) is 0 Å². The third-order valence-electron chi connectivity index (χ3n) is 2.53. The van der Waals surface area contributed by atoms with Crippen LogP contribution in [0.15, 0.2) is 0 Å². The van der Waals surface area contributed by atoms with Gasteiger partial charge in [-0.3, -0.25) is 0 Å².